The predicted molar refractivity (Wildman–Crippen MR) is 75.0 cm³/mol. The summed E-state index contributed by atoms with van der Waals surface area (Å²) in [7, 11) is -4.13. The third-order valence-electron chi connectivity index (χ3n) is 2.69. The Morgan fingerprint density at radius 3 is 2.55 bits per heavy atom. The predicted octanol–water partition coefficient (Wildman–Crippen LogP) is 2.41. The first-order valence-electron chi connectivity index (χ1n) is 5.81. The summed E-state index contributed by atoms with van der Waals surface area (Å²) in [4.78, 5) is 9.42. The topological polar surface area (TPSA) is 113 Å². The van der Waals surface area contributed by atoms with Gasteiger partial charge in [-0.1, -0.05) is 12.1 Å². The molecule has 112 valence electrons. The Morgan fingerprint density at radius 1 is 1.23 bits per heavy atom. The molecular formula is C13H8FN3O4S. The summed E-state index contributed by atoms with van der Waals surface area (Å²) in [5, 5.41) is 19.6. The third-order valence-corrected chi connectivity index (χ3v) is 4.13. The molecule has 2 aromatic rings. The number of nitro benzene ring substituents is 1. The SMILES string of the molecule is N#Cc1ccccc1S(=O)(=O)Nc1ccc(F)c([N+](=O)[O-])c1. The van der Waals surface area contributed by atoms with E-state index >= 15 is 0 Å². The van der Waals surface area contributed by atoms with Crippen LogP contribution in [0.15, 0.2) is 47.4 Å². The molecule has 0 spiro atoms. The van der Waals surface area contributed by atoms with Crippen LogP contribution in [0, 0.1) is 27.3 Å². The summed E-state index contributed by atoms with van der Waals surface area (Å²) in [5.41, 5.74) is -1.11. The highest BCUT2D eigenvalue weighted by atomic mass is 32.2. The van der Waals surface area contributed by atoms with E-state index in [2.05, 4.69) is 4.72 Å². The Hall–Kier alpha value is -2.99. The summed E-state index contributed by atoms with van der Waals surface area (Å²) >= 11 is 0. The Morgan fingerprint density at radius 2 is 1.91 bits per heavy atom. The van der Waals surface area contributed by atoms with Gasteiger partial charge in [0, 0.05) is 6.07 Å². The van der Waals surface area contributed by atoms with Crippen LogP contribution in [0.5, 0.6) is 0 Å². The van der Waals surface area contributed by atoms with E-state index in [1.165, 1.54) is 24.3 Å². The number of nitro groups is 1. The van der Waals surface area contributed by atoms with Crippen LogP contribution in [0.25, 0.3) is 0 Å². The van der Waals surface area contributed by atoms with Gasteiger partial charge in [0.1, 0.15) is 11.0 Å². The number of anilines is 1. The van der Waals surface area contributed by atoms with Crippen LogP contribution in [0.4, 0.5) is 15.8 Å². The van der Waals surface area contributed by atoms with Crippen LogP contribution >= 0.6 is 0 Å². The smallest absolute Gasteiger partial charge is 0.279 e. The molecular weight excluding hydrogens is 313 g/mol. The van der Waals surface area contributed by atoms with Gasteiger partial charge in [-0.25, -0.2) is 8.42 Å². The molecule has 0 atom stereocenters. The molecule has 2 aromatic carbocycles. The minimum atomic E-state index is -4.13. The molecule has 0 aliphatic heterocycles. The van der Waals surface area contributed by atoms with Gasteiger partial charge in [0.05, 0.1) is 16.2 Å². The zero-order valence-corrected chi connectivity index (χ0v) is 11.7. The maximum atomic E-state index is 13.2. The molecule has 0 fully saturated rings. The fraction of sp³-hybridized carbons (Fsp3) is 0. The van der Waals surface area contributed by atoms with E-state index in [9.17, 15) is 22.9 Å². The van der Waals surface area contributed by atoms with Crippen LogP contribution in [-0.2, 0) is 10.0 Å². The Labute approximate surface area is 124 Å². The second kappa shape index (κ2) is 5.79. The van der Waals surface area contributed by atoms with Gasteiger partial charge in [-0.05, 0) is 24.3 Å². The quantitative estimate of drug-likeness (QED) is 0.686. The second-order valence-electron chi connectivity index (χ2n) is 4.14. The minimum Gasteiger partial charge on any atom is -0.279 e. The van der Waals surface area contributed by atoms with Gasteiger partial charge in [0.15, 0.2) is 0 Å². The van der Waals surface area contributed by atoms with Crippen molar-refractivity contribution in [2.24, 2.45) is 0 Å². The first-order valence-corrected chi connectivity index (χ1v) is 7.29. The van der Waals surface area contributed by atoms with Crippen molar-refractivity contribution in [3.8, 4) is 6.07 Å². The van der Waals surface area contributed by atoms with Gasteiger partial charge in [-0.3, -0.25) is 14.8 Å². The molecule has 1 N–H and O–H groups in total. The van der Waals surface area contributed by atoms with Crippen molar-refractivity contribution in [2.45, 2.75) is 4.90 Å². The van der Waals surface area contributed by atoms with Gasteiger partial charge in [-0.2, -0.15) is 9.65 Å². The van der Waals surface area contributed by atoms with E-state index < -0.39 is 26.5 Å². The zero-order valence-electron chi connectivity index (χ0n) is 10.9. The van der Waals surface area contributed by atoms with Crippen molar-refractivity contribution in [3.63, 3.8) is 0 Å². The van der Waals surface area contributed by atoms with E-state index in [0.717, 1.165) is 18.2 Å². The molecule has 0 radical (unpaired) electrons. The maximum absolute atomic E-state index is 13.2. The summed E-state index contributed by atoms with van der Waals surface area (Å²) in [6, 6.07) is 9.81. The van der Waals surface area contributed by atoms with Crippen molar-refractivity contribution in [1.29, 1.82) is 5.26 Å². The second-order valence-corrected chi connectivity index (χ2v) is 5.79. The summed E-state index contributed by atoms with van der Waals surface area (Å²) in [5.74, 6) is -1.08. The number of nitrogens with zero attached hydrogens (tertiary/aromatic N) is 2. The molecule has 0 aliphatic carbocycles. The number of halogens is 1. The Balaban J connectivity index is 2.44. The molecule has 0 saturated heterocycles. The van der Waals surface area contributed by atoms with Crippen molar-refractivity contribution < 1.29 is 17.7 Å². The van der Waals surface area contributed by atoms with Crippen molar-refractivity contribution >= 4 is 21.4 Å². The lowest BCUT2D eigenvalue weighted by Gasteiger charge is -2.09. The average molecular weight is 321 g/mol. The fourth-order valence-electron chi connectivity index (χ4n) is 1.72. The highest BCUT2D eigenvalue weighted by molar-refractivity contribution is 7.92. The van der Waals surface area contributed by atoms with Crippen molar-refractivity contribution in [2.75, 3.05) is 4.72 Å². The fourth-order valence-corrected chi connectivity index (χ4v) is 2.93. The summed E-state index contributed by atoms with van der Waals surface area (Å²) in [6.07, 6.45) is 0. The van der Waals surface area contributed by atoms with Gasteiger partial charge in [0.25, 0.3) is 10.0 Å². The average Bonchev–Trinajstić information content (AvgIpc) is 2.48. The molecule has 0 unspecified atom stereocenters. The van der Waals surface area contributed by atoms with Crippen molar-refractivity contribution in [3.05, 3.63) is 64.0 Å². The van der Waals surface area contributed by atoms with Crippen LogP contribution in [0.1, 0.15) is 5.56 Å². The van der Waals surface area contributed by atoms with Gasteiger partial charge in [-0.15, -0.1) is 0 Å². The molecule has 0 amide bonds. The monoisotopic (exact) mass is 321 g/mol. The molecule has 0 aromatic heterocycles. The zero-order chi connectivity index (χ0) is 16.3. The number of rotatable bonds is 4. The number of benzene rings is 2. The molecule has 22 heavy (non-hydrogen) atoms. The van der Waals surface area contributed by atoms with Gasteiger partial charge >= 0.3 is 5.69 Å². The van der Waals surface area contributed by atoms with E-state index in [0.29, 0.717) is 0 Å². The number of nitrogens with one attached hydrogen (secondary N) is 1. The summed E-state index contributed by atoms with van der Waals surface area (Å²) in [6.45, 7) is 0. The molecule has 0 saturated carbocycles. The minimum absolute atomic E-state index is 0.0772. The number of sulfonamides is 1. The normalized spacial score (nSPS) is 10.7. The first-order chi connectivity index (χ1) is 10.3. The van der Waals surface area contributed by atoms with Crippen LogP contribution in [0.2, 0.25) is 0 Å². The molecule has 7 nitrogen and oxygen atoms in total. The molecule has 0 aliphatic rings. The van der Waals surface area contributed by atoms with E-state index in [-0.39, 0.29) is 16.1 Å². The lowest BCUT2D eigenvalue weighted by atomic mass is 10.2. The molecule has 0 bridgehead atoms. The van der Waals surface area contributed by atoms with Gasteiger partial charge < -0.3 is 0 Å². The van der Waals surface area contributed by atoms with Crippen LogP contribution < -0.4 is 4.72 Å². The molecule has 0 heterocycles. The number of hydrogen-bond acceptors (Lipinski definition) is 5. The standard InChI is InChI=1S/C13H8FN3O4S/c14-11-6-5-10(7-12(11)17(18)19)16-22(20,21)13-4-2-1-3-9(13)8-15/h1-7,16H. The highest BCUT2D eigenvalue weighted by Gasteiger charge is 2.21. The number of hydrogen-bond donors (Lipinski definition) is 1. The Bertz CT molecular complexity index is 890. The summed E-state index contributed by atoms with van der Waals surface area (Å²) < 4.78 is 39.8. The maximum Gasteiger partial charge on any atom is 0.306 e. The molecule has 9 heteroatoms. The van der Waals surface area contributed by atoms with E-state index in [1.54, 1.807) is 6.07 Å². The lowest BCUT2D eigenvalue weighted by molar-refractivity contribution is -0.387. The van der Waals surface area contributed by atoms with E-state index in [1.807, 2.05) is 0 Å². The van der Waals surface area contributed by atoms with E-state index in [4.69, 9.17) is 5.26 Å². The third kappa shape index (κ3) is 3.02. The van der Waals surface area contributed by atoms with Crippen LogP contribution in [0.3, 0.4) is 0 Å². The van der Waals surface area contributed by atoms with Gasteiger partial charge in [0.2, 0.25) is 5.82 Å². The largest absolute Gasteiger partial charge is 0.306 e. The van der Waals surface area contributed by atoms with Crippen LogP contribution in [-0.4, -0.2) is 13.3 Å². The lowest BCUT2D eigenvalue weighted by Crippen LogP contribution is -2.14. The Kier molecular flexibility index (Phi) is 4.05. The van der Waals surface area contributed by atoms with Crippen molar-refractivity contribution in [1.82, 2.24) is 0 Å². The highest BCUT2D eigenvalue weighted by Crippen LogP contribution is 2.24. The first kappa shape index (κ1) is 15.4. The number of nitriles is 1. The molecule has 2 rings (SSSR count).